The summed E-state index contributed by atoms with van der Waals surface area (Å²) in [7, 11) is 0. The maximum absolute atomic E-state index is 13.1. The molecule has 2 N–H and O–H groups in total. The molecule has 0 radical (unpaired) electrons. The number of rotatable bonds is 5. The molecule has 1 fully saturated rings. The number of carbonyl (C=O) groups excluding carboxylic acids is 2. The standard InChI is InChI=1S/C23H22F3N5O2/c24-23(25,26)18-8-4-5-9-19(18)28-20(32)15-30-10-12-31(13-11-30)22(33)17-14-27-29-21(17)16-6-2-1-3-7-16/h1-9,14H,10-13,15H2,(H,27,29)(H,28,32). The van der Waals surface area contributed by atoms with Gasteiger partial charge in [-0.15, -0.1) is 0 Å². The number of nitrogens with one attached hydrogen (secondary N) is 2. The molecule has 1 aliphatic rings. The molecule has 0 atom stereocenters. The average Bonchev–Trinajstić information content (AvgIpc) is 3.29. The first-order valence-electron chi connectivity index (χ1n) is 10.4. The molecule has 33 heavy (non-hydrogen) atoms. The number of H-pyrrole nitrogens is 1. The molecule has 172 valence electrons. The lowest BCUT2D eigenvalue weighted by Gasteiger charge is -2.34. The van der Waals surface area contributed by atoms with Crippen molar-refractivity contribution in [2.45, 2.75) is 6.18 Å². The van der Waals surface area contributed by atoms with Crippen molar-refractivity contribution in [2.24, 2.45) is 0 Å². The first-order valence-corrected chi connectivity index (χ1v) is 10.4. The zero-order valence-electron chi connectivity index (χ0n) is 17.6. The summed E-state index contributed by atoms with van der Waals surface area (Å²) in [6.45, 7) is 1.59. The number of nitrogens with zero attached hydrogens (tertiary/aromatic N) is 3. The molecule has 0 unspecified atom stereocenters. The van der Waals surface area contributed by atoms with Gasteiger partial charge in [0, 0.05) is 31.7 Å². The van der Waals surface area contributed by atoms with Gasteiger partial charge in [-0.3, -0.25) is 19.6 Å². The molecule has 3 aromatic rings. The number of hydrogen-bond acceptors (Lipinski definition) is 4. The van der Waals surface area contributed by atoms with Crippen LogP contribution in [0.3, 0.4) is 0 Å². The molecule has 1 saturated heterocycles. The van der Waals surface area contributed by atoms with E-state index >= 15 is 0 Å². The van der Waals surface area contributed by atoms with E-state index in [9.17, 15) is 22.8 Å². The number of alkyl halides is 3. The van der Waals surface area contributed by atoms with Crippen molar-refractivity contribution in [3.8, 4) is 11.3 Å². The molecule has 1 aliphatic heterocycles. The van der Waals surface area contributed by atoms with Gasteiger partial charge in [0.1, 0.15) is 0 Å². The number of halogens is 3. The summed E-state index contributed by atoms with van der Waals surface area (Å²) in [6.07, 6.45) is -3.05. The second-order valence-corrected chi connectivity index (χ2v) is 7.68. The van der Waals surface area contributed by atoms with Gasteiger partial charge in [0.05, 0.1) is 35.2 Å². The van der Waals surface area contributed by atoms with Gasteiger partial charge < -0.3 is 10.2 Å². The maximum Gasteiger partial charge on any atom is 0.418 e. The van der Waals surface area contributed by atoms with Crippen LogP contribution in [0.25, 0.3) is 11.3 Å². The van der Waals surface area contributed by atoms with Crippen molar-refractivity contribution in [3.05, 3.63) is 71.9 Å². The smallest absolute Gasteiger partial charge is 0.336 e. The second-order valence-electron chi connectivity index (χ2n) is 7.68. The third kappa shape index (κ3) is 5.23. The third-order valence-corrected chi connectivity index (χ3v) is 5.47. The number of para-hydroxylation sites is 1. The Morgan fingerprint density at radius 3 is 2.33 bits per heavy atom. The lowest BCUT2D eigenvalue weighted by atomic mass is 10.1. The van der Waals surface area contributed by atoms with E-state index in [2.05, 4.69) is 15.5 Å². The molecular weight excluding hydrogens is 435 g/mol. The van der Waals surface area contributed by atoms with Crippen LogP contribution in [0, 0.1) is 0 Å². The molecule has 0 spiro atoms. The van der Waals surface area contributed by atoms with Gasteiger partial charge in [-0.25, -0.2) is 0 Å². The zero-order valence-corrected chi connectivity index (χ0v) is 17.6. The van der Waals surface area contributed by atoms with Gasteiger partial charge >= 0.3 is 6.18 Å². The Morgan fingerprint density at radius 1 is 0.970 bits per heavy atom. The predicted octanol–water partition coefficient (Wildman–Crippen LogP) is 3.49. The Kier molecular flexibility index (Phi) is 6.45. The van der Waals surface area contributed by atoms with E-state index in [-0.39, 0.29) is 18.1 Å². The largest absolute Gasteiger partial charge is 0.418 e. The third-order valence-electron chi connectivity index (χ3n) is 5.47. The summed E-state index contributed by atoms with van der Waals surface area (Å²) in [5.74, 6) is -0.696. The van der Waals surface area contributed by atoms with E-state index in [4.69, 9.17) is 0 Å². The van der Waals surface area contributed by atoms with Crippen LogP contribution in [0.1, 0.15) is 15.9 Å². The highest BCUT2D eigenvalue weighted by molar-refractivity contribution is 5.99. The number of carbonyl (C=O) groups is 2. The molecule has 0 saturated carbocycles. The Hall–Kier alpha value is -3.66. The van der Waals surface area contributed by atoms with Crippen LogP contribution >= 0.6 is 0 Å². The number of benzene rings is 2. The van der Waals surface area contributed by atoms with Crippen LogP contribution in [-0.4, -0.2) is 64.5 Å². The first kappa shape index (κ1) is 22.5. The fourth-order valence-corrected chi connectivity index (χ4v) is 3.78. The van der Waals surface area contributed by atoms with Crippen molar-refractivity contribution in [3.63, 3.8) is 0 Å². The van der Waals surface area contributed by atoms with Gasteiger partial charge in [0.25, 0.3) is 5.91 Å². The van der Waals surface area contributed by atoms with Crippen molar-refractivity contribution < 1.29 is 22.8 Å². The molecule has 2 aromatic carbocycles. The number of piperazine rings is 1. The number of aromatic nitrogens is 2. The number of anilines is 1. The number of amides is 2. The number of aromatic amines is 1. The van der Waals surface area contributed by atoms with Crippen molar-refractivity contribution in [1.29, 1.82) is 0 Å². The van der Waals surface area contributed by atoms with Crippen LogP contribution in [0.2, 0.25) is 0 Å². The molecule has 4 rings (SSSR count). The van der Waals surface area contributed by atoms with E-state index in [1.165, 1.54) is 24.4 Å². The molecule has 7 nitrogen and oxygen atoms in total. The Bertz CT molecular complexity index is 1120. The van der Waals surface area contributed by atoms with Gasteiger partial charge in [-0.05, 0) is 12.1 Å². The van der Waals surface area contributed by atoms with Gasteiger partial charge in [0.15, 0.2) is 0 Å². The molecule has 2 amide bonds. The minimum atomic E-state index is -4.55. The van der Waals surface area contributed by atoms with Crippen LogP contribution < -0.4 is 5.32 Å². The van der Waals surface area contributed by atoms with Crippen LogP contribution in [0.4, 0.5) is 18.9 Å². The van der Waals surface area contributed by atoms with Crippen LogP contribution in [0.15, 0.2) is 60.8 Å². The fraction of sp³-hybridized carbons (Fsp3) is 0.261. The normalized spacial score (nSPS) is 14.8. The quantitative estimate of drug-likeness (QED) is 0.615. The highest BCUT2D eigenvalue weighted by atomic mass is 19.4. The van der Waals surface area contributed by atoms with E-state index in [0.29, 0.717) is 37.4 Å². The lowest BCUT2D eigenvalue weighted by molar-refractivity contribution is -0.137. The first-order chi connectivity index (χ1) is 15.8. The molecule has 10 heteroatoms. The summed E-state index contributed by atoms with van der Waals surface area (Å²) in [6, 6.07) is 14.3. The Labute approximate surface area is 188 Å². The van der Waals surface area contributed by atoms with E-state index in [1.54, 1.807) is 4.90 Å². The number of hydrogen-bond donors (Lipinski definition) is 2. The molecule has 2 heterocycles. The van der Waals surface area contributed by atoms with Crippen molar-refractivity contribution in [2.75, 3.05) is 38.0 Å². The molecular formula is C23H22F3N5O2. The van der Waals surface area contributed by atoms with E-state index in [0.717, 1.165) is 11.6 Å². The SMILES string of the molecule is O=C(CN1CCN(C(=O)c2cn[nH]c2-c2ccccc2)CC1)Nc1ccccc1C(F)(F)F. The second kappa shape index (κ2) is 9.45. The predicted molar refractivity (Wildman–Crippen MR) is 116 cm³/mol. The van der Waals surface area contributed by atoms with Gasteiger partial charge in [0.2, 0.25) is 5.91 Å². The highest BCUT2D eigenvalue weighted by Crippen LogP contribution is 2.34. The average molecular weight is 457 g/mol. The Balaban J connectivity index is 1.34. The van der Waals surface area contributed by atoms with Crippen LogP contribution in [0.5, 0.6) is 0 Å². The summed E-state index contributed by atoms with van der Waals surface area (Å²) in [5, 5.41) is 9.24. The van der Waals surface area contributed by atoms with Gasteiger partial charge in [-0.1, -0.05) is 42.5 Å². The lowest BCUT2D eigenvalue weighted by Crippen LogP contribution is -2.50. The summed E-state index contributed by atoms with van der Waals surface area (Å²) in [4.78, 5) is 28.9. The fourth-order valence-electron chi connectivity index (χ4n) is 3.78. The topological polar surface area (TPSA) is 81.3 Å². The summed E-state index contributed by atoms with van der Waals surface area (Å²) >= 11 is 0. The monoisotopic (exact) mass is 457 g/mol. The minimum absolute atomic E-state index is 0.0603. The van der Waals surface area contributed by atoms with Crippen molar-refractivity contribution in [1.82, 2.24) is 20.0 Å². The van der Waals surface area contributed by atoms with Gasteiger partial charge in [-0.2, -0.15) is 18.3 Å². The minimum Gasteiger partial charge on any atom is -0.336 e. The Morgan fingerprint density at radius 2 is 1.64 bits per heavy atom. The zero-order chi connectivity index (χ0) is 23.4. The summed E-state index contributed by atoms with van der Waals surface area (Å²) in [5.41, 5.74) is 0.815. The van der Waals surface area contributed by atoms with Crippen molar-refractivity contribution >= 4 is 17.5 Å². The van der Waals surface area contributed by atoms with Crippen LogP contribution in [-0.2, 0) is 11.0 Å². The molecule has 1 aromatic heterocycles. The van der Waals surface area contributed by atoms with E-state index < -0.39 is 17.6 Å². The molecule has 0 bridgehead atoms. The highest BCUT2D eigenvalue weighted by Gasteiger charge is 2.34. The maximum atomic E-state index is 13.1. The van der Waals surface area contributed by atoms with E-state index in [1.807, 2.05) is 35.2 Å². The summed E-state index contributed by atoms with van der Waals surface area (Å²) < 4.78 is 39.4. The molecule has 0 aliphatic carbocycles.